The minimum atomic E-state index is -1.32. The fourth-order valence-corrected chi connectivity index (χ4v) is 2.92. The minimum absolute atomic E-state index is 0.0313. The maximum Gasteiger partial charge on any atom is 0.201 e. The van der Waals surface area contributed by atoms with Crippen LogP contribution in [0.2, 0.25) is 0 Å². The predicted octanol–water partition coefficient (Wildman–Crippen LogP) is 7.13. The molecule has 2 nitrogen and oxygen atoms in total. The first-order valence-corrected chi connectivity index (χ1v) is 9.59. The van der Waals surface area contributed by atoms with Gasteiger partial charge in [-0.15, -0.1) is 6.58 Å². The van der Waals surface area contributed by atoms with E-state index in [1.807, 2.05) is 0 Å². The number of phenolic OH excluding ortho intramolecular Hbond substituents is 1. The minimum Gasteiger partial charge on any atom is -0.505 e. The molecule has 0 heterocycles. The van der Waals surface area contributed by atoms with Gasteiger partial charge in [0.25, 0.3) is 0 Å². The molecule has 160 valence electrons. The molecule has 0 unspecified atom stereocenters. The van der Waals surface area contributed by atoms with Crippen LogP contribution in [-0.4, -0.2) is 11.7 Å². The third-order valence-corrected chi connectivity index (χ3v) is 4.63. The van der Waals surface area contributed by atoms with E-state index in [0.717, 1.165) is 12.5 Å². The summed E-state index contributed by atoms with van der Waals surface area (Å²) in [5, 5.41) is 9.16. The van der Waals surface area contributed by atoms with Crippen molar-refractivity contribution in [3.8, 4) is 22.6 Å². The summed E-state index contributed by atoms with van der Waals surface area (Å²) < 4.78 is 61.4. The first-order valence-electron chi connectivity index (χ1n) is 9.59. The molecule has 0 saturated carbocycles. The Morgan fingerprint density at radius 1 is 0.806 bits per heavy atom. The first kappa shape index (κ1) is 22.2. The molecule has 0 spiro atoms. The number of aromatic hydroxyl groups is 1. The van der Waals surface area contributed by atoms with Crippen LogP contribution in [0.3, 0.4) is 0 Å². The van der Waals surface area contributed by atoms with Crippen molar-refractivity contribution in [2.45, 2.75) is 12.8 Å². The number of unbranched alkanes of at least 4 members (excludes halogenated alkanes) is 1. The lowest BCUT2D eigenvalue weighted by Gasteiger charge is -2.10. The second-order valence-electron chi connectivity index (χ2n) is 6.78. The number of benzene rings is 3. The van der Waals surface area contributed by atoms with Gasteiger partial charge in [0.15, 0.2) is 23.1 Å². The standard InChI is InChI=1S/C25H20F4O2/c1-2-3-4-15-31-21-14-12-19(23(27)25(21)29)17-8-5-16(6-9-17)7-10-18-11-13-20(30)24(28)22(18)26/h2,5-14,30H,1,3-4,15H2/b10-7+. The summed E-state index contributed by atoms with van der Waals surface area (Å²) in [7, 11) is 0. The van der Waals surface area contributed by atoms with Gasteiger partial charge < -0.3 is 9.84 Å². The van der Waals surface area contributed by atoms with E-state index in [1.165, 1.54) is 30.4 Å². The summed E-state index contributed by atoms with van der Waals surface area (Å²) in [5.74, 6) is -5.44. The summed E-state index contributed by atoms with van der Waals surface area (Å²) in [4.78, 5) is 0. The Balaban J connectivity index is 1.76. The van der Waals surface area contributed by atoms with E-state index in [-0.39, 0.29) is 23.5 Å². The number of phenols is 1. The average Bonchev–Trinajstić information content (AvgIpc) is 2.78. The molecular weight excluding hydrogens is 408 g/mol. The molecule has 3 aromatic carbocycles. The van der Waals surface area contributed by atoms with Crippen LogP contribution in [0, 0.1) is 23.3 Å². The third-order valence-electron chi connectivity index (χ3n) is 4.63. The van der Waals surface area contributed by atoms with Crippen molar-refractivity contribution in [3.63, 3.8) is 0 Å². The predicted molar refractivity (Wildman–Crippen MR) is 114 cm³/mol. The number of allylic oxidation sites excluding steroid dienone is 1. The van der Waals surface area contributed by atoms with Gasteiger partial charge in [0.2, 0.25) is 11.6 Å². The fraction of sp³-hybridized carbons (Fsp3) is 0.120. The van der Waals surface area contributed by atoms with Crippen LogP contribution >= 0.6 is 0 Å². The lowest BCUT2D eigenvalue weighted by molar-refractivity contribution is 0.291. The molecule has 3 aromatic rings. The quantitative estimate of drug-likeness (QED) is 0.179. The summed E-state index contributed by atoms with van der Waals surface area (Å²) in [6.07, 6.45) is 5.99. The molecule has 0 atom stereocenters. The Hall–Kier alpha value is -3.54. The molecule has 0 saturated heterocycles. The van der Waals surface area contributed by atoms with Crippen LogP contribution in [-0.2, 0) is 0 Å². The Labute approximate surface area is 177 Å². The molecule has 0 amide bonds. The third kappa shape index (κ3) is 5.15. The van der Waals surface area contributed by atoms with Crippen molar-refractivity contribution in [2.75, 3.05) is 6.61 Å². The van der Waals surface area contributed by atoms with Crippen LogP contribution in [0.4, 0.5) is 17.6 Å². The highest BCUT2D eigenvalue weighted by molar-refractivity contribution is 5.73. The molecule has 1 N–H and O–H groups in total. The van der Waals surface area contributed by atoms with E-state index >= 15 is 0 Å². The summed E-state index contributed by atoms with van der Waals surface area (Å²) in [6, 6.07) is 11.6. The first-order chi connectivity index (χ1) is 14.9. The van der Waals surface area contributed by atoms with E-state index in [9.17, 15) is 17.6 Å². The van der Waals surface area contributed by atoms with Crippen LogP contribution in [0.5, 0.6) is 11.5 Å². The molecule has 31 heavy (non-hydrogen) atoms. The Morgan fingerprint density at radius 2 is 1.55 bits per heavy atom. The lowest BCUT2D eigenvalue weighted by atomic mass is 10.0. The zero-order valence-electron chi connectivity index (χ0n) is 16.5. The fourth-order valence-electron chi connectivity index (χ4n) is 2.92. The monoisotopic (exact) mass is 428 g/mol. The average molecular weight is 428 g/mol. The van der Waals surface area contributed by atoms with Crippen LogP contribution < -0.4 is 4.74 Å². The van der Waals surface area contributed by atoms with Crippen LogP contribution in [0.15, 0.2) is 61.2 Å². The van der Waals surface area contributed by atoms with Crippen LogP contribution in [0.1, 0.15) is 24.0 Å². The van der Waals surface area contributed by atoms with E-state index < -0.39 is 29.0 Å². The topological polar surface area (TPSA) is 29.5 Å². The van der Waals surface area contributed by atoms with Gasteiger partial charge in [-0.1, -0.05) is 42.5 Å². The van der Waals surface area contributed by atoms with Gasteiger partial charge in [-0.3, -0.25) is 0 Å². The molecule has 0 aliphatic heterocycles. The highest BCUT2D eigenvalue weighted by atomic mass is 19.2. The van der Waals surface area contributed by atoms with Crippen molar-refractivity contribution in [1.82, 2.24) is 0 Å². The summed E-state index contributed by atoms with van der Waals surface area (Å²) in [6.45, 7) is 3.85. The number of rotatable bonds is 8. The molecule has 6 heteroatoms. The van der Waals surface area contributed by atoms with Gasteiger partial charge in [0.1, 0.15) is 0 Å². The molecule has 0 aliphatic carbocycles. The van der Waals surface area contributed by atoms with Crippen molar-refractivity contribution < 1.29 is 27.4 Å². The van der Waals surface area contributed by atoms with E-state index in [1.54, 1.807) is 30.3 Å². The molecule has 0 aromatic heterocycles. The zero-order valence-corrected chi connectivity index (χ0v) is 16.5. The Morgan fingerprint density at radius 3 is 2.26 bits per heavy atom. The smallest absolute Gasteiger partial charge is 0.201 e. The highest BCUT2D eigenvalue weighted by Crippen LogP contribution is 2.30. The van der Waals surface area contributed by atoms with E-state index in [4.69, 9.17) is 9.84 Å². The Bertz CT molecular complexity index is 1110. The normalized spacial score (nSPS) is 11.1. The maximum absolute atomic E-state index is 14.5. The second kappa shape index (κ2) is 9.98. The highest BCUT2D eigenvalue weighted by Gasteiger charge is 2.16. The van der Waals surface area contributed by atoms with Gasteiger partial charge in [0, 0.05) is 11.1 Å². The largest absolute Gasteiger partial charge is 0.505 e. The molecule has 3 rings (SSSR count). The van der Waals surface area contributed by atoms with Crippen LogP contribution in [0.25, 0.3) is 23.3 Å². The van der Waals surface area contributed by atoms with Gasteiger partial charge in [0.05, 0.1) is 6.61 Å². The van der Waals surface area contributed by atoms with Gasteiger partial charge in [-0.25, -0.2) is 8.78 Å². The summed E-state index contributed by atoms with van der Waals surface area (Å²) in [5.41, 5.74) is 1.14. The van der Waals surface area contributed by atoms with Crippen molar-refractivity contribution in [3.05, 3.63) is 95.6 Å². The lowest BCUT2D eigenvalue weighted by Crippen LogP contribution is -2.01. The van der Waals surface area contributed by atoms with Gasteiger partial charge in [-0.05, 0) is 48.2 Å². The second-order valence-corrected chi connectivity index (χ2v) is 6.78. The molecule has 0 fully saturated rings. The van der Waals surface area contributed by atoms with Crippen molar-refractivity contribution >= 4 is 12.2 Å². The molecule has 0 radical (unpaired) electrons. The summed E-state index contributed by atoms with van der Waals surface area (Å²) >= 11 is 0. The number of hydrogen-bond donors (Lipinski definition) is 1. The molecule has 0 aliphatic rings. The Kier molecular flexibility index (Phi) is 7.13. The number of halogens is 4. The number of ether oxygens (including phenoxy) is 1. The van der Waals surface area contributed by atoms with E-state index in [2.05, 4.69) is 6.58 Å². The SMILES string of the molecule is C=CCCCOc1ccc(-c2ccc(/C=C/c3ccc(O)c(F)c3F)cc2)c(F)c1F. The van der Waals surface area contributed by atoms with Gasteiger partial charge in [-0.2, -0.15) is 8.78 Å². The van der Waals surface area contributed by atoms with Crippen molar-refractivity contribution in [2.24, 2.45) is 0 Å². The number of hydrogen-bond acceptors (Lipinski definition) is 2. The zero-order chi connectivity index (χ0) is 22.4. The van der Waals surface area contributed by atoms with Gasteiger partial charge >= 0.3 is 0 Å². The van der Waals surface area contributed by atoms with E-state index in [0.29, 0.717) is 17.5 Å². The maximum atomic E-state index is 14.5. The molecular formula is C25H20F4O2. The molecule has 0 bridgehead atoms. The van der Waals surface area contributed by atoms with Crippen molar-refractivity contribution in [1.29, 1.82) is 0 Å².